The first-order chi connectivity index (χ1) is 10.6. The van der Waals surface area contributed by atoms with E-state index in [-0.39, 0.29) is 6.10 Å². The van der Waals surface area contributed by atoms with E-state index in [2.05, 4.69) is 61.4 Å². The van der Waals surface area contributed by atoms with E-state index in [9.17, 15) is 0 Å². The van der Waals surface area contributed by atoms with Crippen LogP contribution in [0.5, 0.6) is 5.75 Å². The van der Waals surface area contributed by atoms with Crippen molar-refractivity contribution in [2.75, 3.05) is 38.0 Å². The number of ether oxygens (including phenoxy) is 1. The third-order valence-corrected chi connectivity index (χ3v) is 4.31. The second-order valence-electron chi connectivity index (χ2n) is 6.23. The fourth-order valence-electron chi connectivity index (χ4n) is 2.89. The predicted molar refractivity (Wildman–Crippen MR) is 94.0 cm³/mol. The van der Waals surface area contributed by atoms with Crippen molar-refractivity contribution < 1.29 is 4.74 Å². The summed E-state index contributed by atoms with van der Waals surface area (Å²) in [6.07, 6.45) is 1.29. The van der Waals surface area contributed by atoms with E-state index in [0.29, 0.717) is 6.04 Å². The Hall–Kier alpha value is -1.26. The quantitative estimate of drug-likeness (QED) is 0.774. The van der Waals surface area contributed by atoms with Gasteiger partial charge in [-0.15, -0.1) is 0 Å². The Morgan fingerprint density at radius 1 is 1.36 bits per heavy atom. The minimum Gasteiger partial charge on any atom is -0.487 e. The molecule has 0 amide bonds. The molecule has 2 rings (SSSR count). The Balaban J connectivity index is 1.80. The molecule has 0 spiro atoms. The van der Waals surface area contributed by atoms with Gasteiger partial charge in [-0.1, -0.05) is 19.9 Å². The third kappa shape index (κ3) is 4.89. The van der Waals surface area contributed by atoms with Crippen molar-refractivity contribution in [1.29, 1.82) is 0 Å². The van der Waals surface area contributed by atoms with Crippen molar-refractivity contribution in [3.8, 4) is 5.75 Å². The third-order valence-electron chi connectivity index (χ3n) is 4.31. The summed E-state index contributed by atoms with van der Waals surface area (Å²) in [7, 11) is 0. The largest absolute Gasteiger partial charge is 0.487 e. The van der Waals surface area contributed by atoms with Crippen molar-refractivity contribution in [2.24, 2.45) is 0 Å². The van der Waals surface area contributed by atoms with Crippen LogP contribution in [0.2, 0.25) is 0 Å². The van der Waals surface area contributed by atoms with Gasteiger partial charge in [0.2, 0.25) is 0 Å². The number of nitrogens with zero attached hydrogens (tertiary/aromatic N) is 1. The van der Waals surface area contributed by atoms with Crippen molar-refractivity contribution >= 4 is 5.69 Å². The van der Waals surface area contributed by atoms with Crippen molar-refractivity contribution in [3.63, 3.8) is 0 Å². The SMILES string of the molecule is CCN(CC)CCNC(C)Cc1ccc2c(c1)NCC(C)O2. The lowest BCUT2D eigenvalue weighted by atomic mass is 10.1. The zero-order valence-electron chi connectivity index (χ0n) is 14.5. The fraction of sp³-hybridized carbons (Fsp3) is 0.667. The zero-order chi connectivity index (χ0) is 15.9. The zero-order valence-corrected chi connectivity index (χ0v) is 14.5. The monoisotopic (exact) mass is 305 g/mol. The summed E-state index contributed by atoms with van der Waals surface area (Å²) < 4.78 is 5.82. The molecular weight excluding hydrogens is 274 g/mol. The number of fused-ring (bicyclic) bond motifs is 1. The van der Waals surface area contributed by atoms with Gasteiger partial charge < -0.3 is 20.3 Å². The van der Waals surface area contributed by atoms with Crippen LogP contribution in [0.25, 0.3) is 0 Å². The molecule has 1 aromatic carbocycles. The first-order valence-corrected chi connectivity index (χ1v) is 8.61. The molecule has 0 aliphatic carbocycles. The molecule has 0 saturated carbocycles. The Labute approximate surface area is 135 Å². The van der Waals surface area contributed by atoms with E-state index < -0.39 is 0 Å². The smallest absolute Gasteiger partial charge is 0.142 e. The summed E-state index contributed by atoms with van der Waals surface area (Å²) in [5.41, 5.74) is 2.48. The lowest BCUT2D eigenvalue weighted by molar-refractivity contribution is 0.226. The highest BCUT2D eigenvalue weighted by Gasteiger charge is 2.15. The summed E-state index contributed by atoms with van der Waals surface area (Å²) in [5.74, 6) is 0.977. The summed E-state index contributed by atoms with van der Waals surface area (Å²) >= 11 is 0. The number of benzene rings is 1. The van der Waals surface area contributed by atoms with Crippen molar-refractivity contribution in [3.05, 3.63) is 23.8 Å². The average Bonchev–Trinajstić information content (AvgIpc) is 2.52. The molecule has 0 bridgehead atoms. The molecular formula is C18H31N3O. The molecule has 0 saturated heterocycles. The van der Waals surface area contributed by atoms with Crippen LogP contribution in [0, 0.1) is 0 Å². The number of rotatable bonds is 8. The van der Waals surface area contributed by atoms with Crippen LogP contribution in [-0.2, 0) is 6.42 Å². The number of hydrogen-bond donors (Lipinski definition) is 2. The van der Waals surface area contributed by atoms with Gasteiger partial charge in [-0.2, -0.15) is 0 Å². The summed E-state index contributed by atoms with van der Waals surface area (Å²) in [4.78, 5) is 2.45. The molecule has 4 heteroatoms. The predicted octanol–water partition coefficient (Wildman–Crippen LogP) is 2.74. The fourth-order valence-corrected chi connectivity index (χ4v) is 2.89. The molecule has 4 nitrogen and oxygen atoms in total. The molecule has 2 atom stereocenters. The van der Waals surface area contributed by atoms with Crippen LogP contribution in [0.1, 0.15) is 33.3 Å². The average molecular weight is 305 g/mol. The molecule has 1 aliphatic rings. The summed E-state index contributed by atoms with van der Waals surface area (Å²) in [6, 6.07) is 6.98. The normalized spacial score (nSPS) is 18.5. The second-order valence-corrected chi connectivity index (χ2v) is 6.23. The molecule has 1 aromatic rings. The van der Waals surface area contributed by atoms with Gasteiger partial charge in [0.05, 0.1) is 12.2 Å². The van der Waals surface area contributed by atoms with E-state index in [1.54, 1.807) is 0 Å². The summed E-state index contributed by atoms with van der Waals surface area (Å²) in [5, 5.41) is 7.07. The van der Waals surface area contributed by atoms with Gasteiger partial charge in [0, 0.05) is 19.1 Å². The van der Waals surface area contributed by atoms with Gasteiger partial charge in [0.25, 0.3) is 0 Å². The van der Waals surface area contributed by atoms with Gasteiger partial charge in [0.1, 0.15) is 11.9 Å². The molecule has 2 unspecified atom stereocenters. The molecule has 0 aromatic heterocycles. The van der Waals surface area contributed by atoms with Crippen LogP contribution in [0.4, 0.5) is 5.69 Å². The highest BCUT2D eigenvalue weighted by Crippen LogP contribution is 2.30. The Morgan fingerprint density at radius 3 is 2.86 bits per heavy atom. The van der Waals surface area contributed by atoms with Gasteiger partial charge in [-0.25, -0.2) is 0 Å². The Bertz CT molecular complexity index is 460. The number of anilines is 1. The number of hydrogen-bond acceptors (Lipinski definition) is 4. The molecule has 0 fully saturated rings. The molecule has 1 aliphatic heterocycles. The highest BCUT2D eigenvalue weighted by molar-refractivity contribution is 5.59. The van der Waals surface area contributed by atoms with Crippen LogP contribution >= 0.6 is 0 Å². The maximum Gasteiger partial charge on any atom is 0.142 e. The van der Waals surface area contributed by atoms with Crippen LogP contribution < -0.4 is 15.4 Å². The molecule has 1 heterocycles. The second kappa shape index (κ2) is 8.39. The first kappa shape index (κ1) is 17.1. The van der Waals surface area contributed by atoms with Gasteiger partial charge in [-0.3, -0.25) is 0 Å². The van der Waals surface area contributed by atoms with E-state index >= 15 is 0 Å². The van der Waals surface area contributed by atoms with Crippen molar-refractivity contribution in [1.82, 2.24) is 10.2 Å². The molecule has 0 radical (unpaired) electrons. The maximum atomic E-state index is 5.82. The topological polar surface area (TPSA) is 36.5 Å². The molecule has 124 valence electrons. The summed E-state index contributed by atoms with van der Waals surface area (Å²) in [6.45, 7) is 14.1. The lowest BCUT2D eigenvalue weighted by Crippen LogP contribution is -2.36. The van der Waals surface area contributed by atoms with Gasteiger partial charge >= 0.3 is 0 Å². The van der Waals surface area contributed by atoms with Crippen LogP contribution in [0.3, 0.4) is 0 Å². The van der Waals surface area contributed by atoms with E-state index in [0.717, 1.165) is 50.6 Å². The van der Waals surface area contributed by atoms with Crippen LogP contribution in [0.15, 0.2) is 18.2 Å². The lowest BCUT2D eigenvalue weighted by Gasteiger charge is -2.25. The standard InChI is InChI=1S/C18H31N3O/c1-5-21(6-2)10-9-19-14(3)11-16-7-8-18-17(12-16)20-13-15(4)22-18/h7-8,12,14-15,19-20H,5-6,9-11,13H2,1-4H3. The first-order valence-electron chi connectivity index (χ1n) is 8.61. The van der Waals surface area contributed by atoms with Crippen LogP contribution in [-0.4, -0.2) is 49.8 Å². The molecule has 2 N–H and O–H groups in total. The molecule has 22 heavy (non-hydrogen) atoms. The Kier molecular flexibility index (Phi) is 6.52. The van der Waals surface area contributed by atoms with Gasteiger partial charge in [0.15, 0.2) is 0 Å². The number of likely N-dealkylation sites (N-methyl/N-ethyl adjacent to an activating group) is 1. The minimum atomic E-state index is 0.249. The van der Waals surface area contributed by atoms with E-state index in [4.69, 9.17) is 4.74 Å². The van der Waals surface area contributed by atoms with Crippen molar-refractivity contribution in [2.45, 2.75) is 46.3 Å². The van der Waals surface area contributed by atoms with E-state index in [1.165, 1.54) is 5.56 Å². The van der Waals surface area contributed by atoms with E-state index in [1.807, 2.05) is 0 Å². The maximum absolute atomic E-state index is 5.82. The highest BCUT2D eigenvalue weighted by atomic mass is 16.5. The Morgan fingerprint density at radius 2 is 2.14 bits per heavy atom. The minimum absolute atomic E-state index is 0.249. The van der Waals surface area contributed by atoms with Gasteiger partial charge in [-0.05, 0) is 51.1 Å². The number of nitrogens with one attached hydrogen (secondary N) is 2.